The molecule has 0 unspecified atom stereocenters. The van der Waals surface area contributed by atoms with Crippen LogP contribution in [0.5, 0.6) is 0 Å². The highest BCUT2D eigenvalue weighted by atomic mass is 16.1. The Balaban J connectivity index is 1.36. The number of nitrogens with zero attached hydrogens (tertiary/aromatic N) is 3. The zero-order valence-corrected chi connectivity index (χ0v) is 17.0. The van der Waals surface area contributed by atoms with Crippen LogP contribution in [0.1, 0.15) is 61.1 Å². The van der Waals surface area contributed by atoms with E-state index in [0.717, 1.165) is 36.6 Å². The number of rotatable bonds is 8. The van der Waals surface area contributed by atoms with Gasteiger partial charge in [0.05, 0.1) is 11.0 Å². The summed E-state index contributed by atoms with van der Waals surface area (Å²) in [5.74, 6) is 1.95. The molecule has 0 saturated heterocycles. The maximum Gasteiger partial charge on any atom is 0.251 e. The number of carbonyl (C=O) groups excluding carboxylic acids is 1. The summed E-state index contributed by atoms with van der Waals surface area (Å²) in [5.41, 5.74) is 2.96. The third kappa shape index (κ3) is 5.03. The Kier molecular flexibility index (Phi) is 6.55. The summed E-state index contributed by atoms with van der Waals surface area (Å²) in [6.45, 7) is 1.69. The van der Waals surface area contributed by atoms with Crippen LogP contribution in [0.3, 0.4) is 0 Å². The van der Waals surface area contributed by atoms with Crippen molar-refractivity contribution >= 4 is 16.9 Å². The Morgan fingerprint density at radius 1 is 1.07 bits per heavy atom. The lowest BCUT2D eigenvalue weighted by molar-refractivity contribution is 0.0953. The van der Waals surface area contributed by atoms with Crippen molar-refractivity contribution in [2.45, 2.75) is 57.9 Å². The number of para-hydroxylation sites is 2. The smallest absolute Gasteiger partial charge is 0.251 e. The number of amides is 1. The van der Waals surface area contributed by atoms with Crippen molar-refractivity contribution in [1.29, 1.82) is 0 Å². The van der Waals surface area contributed by atoms with Crippen molar-refractivity contribution in [2.24, 2.45) is 5.92 Å². The van der Waals surface area contributed by atoms with E-state index in [-0.39, 0.29) is 5.91 Å². The predicted molar refractivity (Wildman–Crippen MR) is 116 cm³/mol. The summed E-state index contributed by atoms with van der Waals surface area (Å²) < 4.78 is 2.41. The van der Waals surface area contributed by atoms with Crippen molar-refractivity contribution in [3.8, 4) is 0 Å². The Labute approximate surface area is 172 Å². The standard InChI is InChI=1S/C24H30N4O/c29-24(20-12-16-25-17-13-20)26-15-6-11-23-27-21-9-4-5-10-22(21)28(23)18-14-19-7-2-1-3-8-19/h4-5,9-10,12-13,16-17,19H,1-3,6-8,11,14-15,18H2,(H,26,29). The highest BCUT2D eigenvalue weighted by Gasteiger charge is 2.16. The van der Waals surface area contributed by atoms with Gasteiger partial charge >= 0.3 is 0 Å². The van der Waals surface area contributed by atoms with Crippen molar-refractivity contribution < 1.29 is 4.79 Å². The summed E-state index contributed by atoms with van der Waals surface area (Å²) in [5, 5.41) is 3.00. The van der Waals surface area contributed by atoms with E-state index in [0.29, 0.717) is 12.1 Å². The Morgan fingerprint density at radius 3 is 2.69 bits per heavy atom. The molecule has 0 spiro atoms. The first-order valence-corrected chi connectivity index (χ1v) is 10.9. The largest absolute Gasteiger partial charge is 0.352 e. The number of hydrogen-bond acceptors (Lipinski definition) is 3. The molecule has 1 aliphatic rings. The molecule has 1 aliphatic carbocycles. The zero-order chi connectivity index (χ0) is 19.9. The average molecular weight is 391 g/mol. The first-order chi connectivity index (χ1) is 14.3. The summed E-state index contributed by atoms with van der Waals surface area (Å²) >= 11 is 0. The van der Waals surface area contributed by atoms with Crippen LogP contribution in [0.25, 0.3) is 11.0 Å². The van der Waals surface area contributed by atoms with Crippen molar-refractivity contribution in [1.82, 2.24) is 19.9 Å². The molecule has 5 nitrogen and oxygen atoms in total. The third-order valence-electron chi connectivity index (χ3n) is 6.02. The monoisotopic (exact) mass is 390 g/mol. The van der Waals surface area contributed by atoms with Gasteiger partial charge in [-0.05, 0) is 43.0 Å². The second kappa shape index (κ2) is 9.68. The Morgan fingerprint density at radius 2 is 1.86 bits per heavy atom. The molecule has 1 fully saturated rings. The Hall–Kier alpha value is -2.69. The van der Waals surface area contributed by atoms with Crippen LogP contribution in [0.4, 0.5) is 0 Å². The number of nitrogens with one attached hydrogen (secondary N) is 1. The molecule has 1 N–H and O–H groups in total. The van der Waals surface area contributed by atoms with Crippen molar-refractivity contribution in [3.63, 3.8) is 0 Å². The van der Waals surface area contributed by atoms with E-state index in [4.69, 9.17) is 4.98 Å². The minimum absolute atomic E-state index is 0.0433. The van der Waals surface area contributed by atoms with Gasteiger partial charge in [-0.1, -0.05) is 44.2 Å². The molecule has 1 amide bonds. The fourth-order valence-corrected chi connectivity index (χ4v) is 4.41. The molecule has 4 rings (SSSR count). The summed E-state index contributed by atoms with van der Waals surface area (Å²) in [7, 11) is 0. The molecule has 0 bridgehead atoms. The fraction of sp³-hybridized carbons (Fsp3) is 0.458. The minimum atomic E-state index is -0.0433. The number of imidazole rings is 1. The van der Waals surface area contributed by atoms with E-state index in [1.807, 2.05) is 0 Å². The summed E-state index contributed by atoms with van der Waals surface area (Å²) in [6, 6.07) is 11.9. The number of carbonyl (C=O) groups is 1. The molecule has 2 heterocycles. The predicted octanol–water partition coefficient (Wildman–Crippen LogP) is 4.76. The second-order valence-electron chi connectivity index (χ2n) is 8.06. The van der Waals surface area contributed by atoms with E-state index in [9.17, 15) is 4.79 Å². The topological polar surface area (TPSA) is 59.8 Å². The molecule has 152 valence electrons. The van der Waals surface area contributed by atoms with Gasteiger partial charge in [0, 0.05) is 37.5 Å². The molecule has 1 aromatic carbocycles. The maximum atomic E-state index is 12.2. The van der Waals surface area contributed by atoms with Gasteiger partial charge < -0.3 is 9.88 Å². The summed E-state index contributed by atoms with van der Waals surface area (Å²) in [4.78, 5) is 21.0. The number of aryl methyl sites for hydroxylation is 2. The normalized spacial score (nSPS) is 14.9. The SMILES string of the molecule is O=C(NCCCc1nc2ccccc2n1CCC1CCCCC1)c1ccncc1. The molecule has 3 aromatic rings. The van der Waals surface area contributed by atoms with Gasteiger partial charge in [-0.25, -0.2) is 4.98 Å². The molecule has 0 radical (unpaired) electrons. The van der Waals surface area contributed by atoms with Gasteiger partial charge in [0.15, 0.2) is 0 Å². The van der Waals surface area contributed by atoms with Gasteiger partial charge in [-0.3, -0.25) is 9.78 Å². The van der Waals surface area contributed by atoms with E-state index in [1.165, 1.54) is 44.0 Å². The molecule has 29 heavy (non-hydrogen) atoms. The zero-order valence-electron chi connectivity index (χ0n) is 17.0. The Bertz CT molecular complexity index is 928. The van der Waals surface area contributed by atoms with Crippen LogP contribution < -0.4 is 5.32 Å². The van der Waals surface area contributed by atoms with E-state index >= 15 is 0 Å². The number of aromatic nitrogens is 3. The second-order valence-corrected chi connectivity index (χ2v) is 8.06. The number of hydrogen-bond donors (Lipinski definition) is 1. The fourth-order valence-electron chi connectivity index (χ4n) is 4.41. The van der Waals surface area contributed by atoms with Crippen LogP contribution in [0, 0.1) is 5.92 Å². The van der Waals surface area contributed by atoms with Gasteiger partial charge in [0.25, 0.3) is 5.91 Å². The lowest BCUT2D eigenvalue weighted by Crippen LogP contribution is -2.25. The summed E-state index contributed by atoms with van der Waals surface area (Å²) in [6.07, 6.45) is 13.2. The number of benzene rings is 1. The molecule has 0 aliphatic heterocycles. The molecule has 0 atom stereocenters. The average Bonchev–Trinajstić information content (AvgIpc) is 3.14. The highest BCUT2D eigenvalue weighted by Crippen LogP contribution is 2.28. The molecule has 2 aromatic heterocycles. The van der Waals surface area contributed by atoms with E-state index in [1.54, 1.807) is 24.5 Å². The molecular weight excluding hydrogens is 360 g/mol. The molecule has 5 heteroatoms. The van der Waals surface area contributed by atoms with Crippen molar-refractivity contribution in [3.05, 3.63) is 60.2 Å². The lowest BCUT2D eigenvalue weighted by Gasteiger charge is -2.22. The first-order valence-electron chi connectivity index (χ1n) is 10.9. The van der Waals surface area contributed by atoms with Gasteiger partial charge in [0.2, 0.25) is 0 Å². The van der Waals surface area contributed by atoms with Crippen LogP contribution in [-0.4, -0.2) is 27.0 Å². The van der Waals surface area contributed by atoms with Crippen LogP contribution >= 0.6 is 0 Å². The molecule has 1 saturated carbocycles. The van der Waals surface area contributed by atoms with Crippen LogP contribution in [0.2, 0.25) is 0 Å². The lowest BCUT2D eigenvalue weighted by atomic mass is 9.87. The maximum absolute atomic E-state index is 12.2. The van der Waals surface area contributed by atoms with Crippen LogP contribution in [0.15, 0.2) is 48.8 Å². The number of pyridine rings is 1. The van der Waals surface area contributed by atoms with Crippen molar-refractivity contribution in [2.75, 3.05) is 6.54 Å². The first kappa shape index (κ1) is 19.6. The number of fused-ring (bicyclic) bond motifs is 1. The minimum Gasteiger partial charge on any atom is -0.352 e. The van der Waals surface area contributed by atoms with E-state index in [2.05, 4.69) is 39.1 Å². The quantitative estimate of drug-likeness (QED) is 0.564. The van der Waals surface area contributed by atoms with Crippen LogP contribution in [-0.2, 0) is 13.0 Å². The third-order valence-corrected chi connectivity index (χ3v) is 6.02. The van der Waals surface area contributed by atoms with Gasteiger partial charge in [0.1, 0.15) is 5.82 Å². The molecular formula is C24H30N4O. The van der Waals surface area contributed by atoms with E-state index < -0.39 is 0 Å². The highest BCUT2D eigenvalue weighted by molar-refractivity contribution is 5.93. The van der Waals surface area contributed by atoms with Gasteiger partial charge in [-0.2, -0.15) is 0 Å². The van der Waals surface area contributed by atoms with Gasteiger partial charge in [-0.15, -0.1) is 0 Å².